The monoisotopic (exact) mass is 546 g/mol. The number of halogens is 1. The van der Waals surface area contributed by atoms with E-state index in [0.29, 0.717) is 18.9 Å². The molecule has 31 heavy (non-hydrogen) atoms. The summed E-state index contributed by atoms with van der Waals surface area (Å²) in [5, 5.41) is 9.57. The second-order valence-electron chi connectivity index (χ2n) is 7.60. The van der Waals surface area contributed by atoms with Crippen LogP contribution >= 0.6 is 24.0 Å². The lowest BCUT2D eigenvalue weighted by Crippen LogP contribution is -2.38. The van der Waals surface area contributed by atoms with Crippen LogP contribution in [0.4, 0.5) is 5.69 Å². The van der Waals surface area contributed by atoms with E-state index in [9.17, 15) is 4.79 Å². The van der Waals surface area contributed by atoms with Crippen LogP contribution in [0.15, 0.2) is 29.3 Å². The normalized spacial score (nSPS) is 14.6. The number of carbonyl (C=O) groups is 1. The van der Waals surface area contributed by atoms with Gasteiger partial charge in [-0.25, -0.2) is 4.99 Å². The average molecular weight is 546 g/mol. The molecular formula is C23H39IN4O3. The number of benzene rings is 1. The van der Waals surface area contributed by atoms with Crippen molar-refractivity contribution in [3.63, 3.8) is 0 Å². The first kappa shape index (κ1) is 27.6. The van der Waals surface area contributed by atoms with Crippen LogP contribution in [0.1, 0.15) is 51.5 Å². The molecule has 0 bridgehead atoms. The molecule has 0 spiro atoms. The molecular weight excluding hydrogens is 507 g/mol. The maximum absolute atomic E-state index is 11.8. The van der Waals surface area contributed by atoms with Gasteiger partial charge in [-0.2, -0.15) is 0 Å². The van der Waals surface area contributed by atoms with Gasteiger partial charge in [0.2, 0.25) is 5.91 Å². The zero-order valence-electron chi connectivity index (χ0n) is 19.0. The first-order valence-corrected chi connectivity index (χ1v) is 11.3. The van der Waals surface area contributed by atoms with Crippen LogP contribution in [0.25, 0.3) is 0 Å². The van der Waals surface area contributed by atoms with Crippen LogP contribution in [0.5, 0.6) is 0 Å². The van der Waals surface area contributed by atoms with Crippen LogP contribution in [0.2, 0.25) is 0 Å². The standard InChI is InChI=1S/C23H38N4O3.HI/c1-3-7-22(28)27-21-9-5-8-20(16-21)17-26-23(24-4-2)25-12-6-13-30-18-19-10-14-29-15-11-19;/h5,8-9,16,19H,3-4,6-7,10-15,17-18H2,1-2H3,(H,27,28)(H2,24,25,26);1H. The van der Waals surface area contributed by atoms with Crippen LogP contribution in [-0.4, -0.2) is 51.4 Å². The van der Waals surface area contributed by atoms with Crippen molar-refractivity contribution < 1.29 is 14.3 Å². The first-order chi connectivity index (χ1) is 14.7. The van der Waals surface area contributed by atoms with Crippen molar-refractivity contribution in [1.29, 1.82) is 0 Å². The van der Waals surface area contributed by atoms with Crippen LogP contribution in [0.3, 0.4) is 0 Å². The first-order valence-electron chi connectivity index (χ1n) is 11.3. The Kier molecular flexibility index (Phi) is 15.3. The highest BCUT2D eigenvalue weighted by Gasteiger charge is 2.13. The Hall–Kier alpha value is -1.39. The van der Waals surface area contributed by atoms with Gasteiger partial charge in [0.25, 0.3) is 0 Å². The molecule has 0 aromatic heterocycles. The van der Waals surface area contributed by atoms with E-state index >= 15 is 0 Å². The zero-order valence-corrected chi connectivity index (χ0v) is 21.3. The number of carbonyl (C=O) groups excluding carboxylic acids is 1. The number of ether oxygens (including phenoxy) is 2. The molecule has 0 atom stereocenters. The second kappa shape index (κ2) is 17.2. The predicted molar refractivity (Wildman–Crippen MR) is 137 cm³/mol. The van der Waals surface area contributed by atoms with Crippen LogP contribution in [0, 0.1) is 5.92 Å². The number of guanidine groups is 1. The molecule has 1 saturated heterocycles. The number of hydrogen-bond donors (Lipinski definition) is 3. The Labute approximate surface area is 204 Å². The lowest BCUT2D eigenvalue weighted by Gasteiger charge is -2.21. The molecule has 0 saturated carbocycles. The minimum atomic E-state index is 0. The number of hydrogen-bond acceptors (Lipinski definition) is 4. The topological polar surface area (TPSA) is 84.0 Å². The summed E-state index contributed by atoms with van der Waals surface area (Å²) in [6.45, 7) is 9.54. The van der Waals surface area contributed by atoms with Crippen molar-refractivity contribution in [2.45, 2.75) is 52.5 Å². The molecule has 1 aromatic rings. The second-order valence-corrected chi connectivity index (χ2v) is 7.60. The van der Waals surface area contributed by atoms with Gasteiger partial charge in [0.05, 0.1) is 6.54 Å². The van der Waals surface area contributed by atoms with Crippen molar-refractivity contribution in [1.82, 2.24) is 10.6 Å². The van der Waals surface area contributed by atoms with E-state index in [2.05, 4.69) is 27.9 Å². The third kappa shape index (κ3) is 12.3. The summed E-state index contributed by atoms with van der Waals surface area (Å²) in [7, 11) is 0. The summed E-state index contributed by atoms with van der Waals surface area (Å²) in [4.78, 5) is 16.4. The number of nitrogens with one attached hydrogen (secondary N) is 3. The Balaban J connectivity index is 0.00000480. The molecule has 0 unspecified atom stereocenters. The fraction of sp³-hybridized carbons (Fsp3) is 0.652. The molecule has 7 nitrogen and oxygen atoms in total. The number of nitrogens with zero attached hydrogens (tertiary/aromatic N) is 1. The smallest absolute Gasteiger partial charge is 0.224 e. The molecule has 1 aliphatic rings. The molecule has 1 fully saturated rings. The van der Waals surface area contributed by atoms with Crippen molar-refractivity contribution in [3.8, 4) is 0 Å². The van der Waals surface area contributed by atoms with E-state index in [1.54, 1.807) is 0 Å². The highest BCUT2D eigenvalue weighted by molar-refractivity contribution is 14.0. The van der Waals surface area contributed by atoms with E-state index in [-0.39, 0.29) is 29.9 Å². The Morgan fingerprint density at radius 2 is 2.03 bits per heavy atom. The third-order valence-corrected chi connectivity index (χ3v) is 4.90. The van der Waals surface area contributed by atoms with Crippen LogP contribution < -0.4 is 16.0 Å². The summed E-state index contributed by atoms with van der Waals surface area (Å²) in [6.07, 6.45) is 4.54. The number of rotatable bonds is 12. The van der Waals surface area contributed by atoms with Crippen molar-refractivity contribution in [2.24, 2.45) is 10.9 Å². The quantitative estimate of drug-likeness (QED) is 0.160. The maximum Gasteiger partial charge on any atom is 0.224 e. The highest BCUT2D eigenvalue weighted by atomic mass is 127. The van der Waals surface area contributed by atoms with Gasteiger partial charge in [-0.15, -0.1) is 24.0 Å². The van der Waals surface area contributed by atoms with E-state index in [1.165, 1.54) is 0 Å². The molecule has 0 radical (unpaired) electrons. The van der Waals surface area contributed by atoms with Crippen molar-refractivity contribution >= 4 is 41.5 Å². The Bertz CT molecular complexity index is 651. The molecule has 0 aliphatic carbocycles. The van der Waals surface area contributed by atoms with Gasteiger partial charge >= 0.3 is 0 Å². The van der Waals surface area contributed by atoms with Gasteiger partial charge in [0, 0.05) is 51.6 Å². The van der Waals surface area contributed by atoms with Crippen LogP contribution in [-0.2, 0) is 20.8 Å². The zero-order chi connectivity index (χ0) is 21.4. The fourth-order valence-corrected chi connectivity index (χ4v) is 3.25. The van der Waals surface area contributed by atoms with E-state index in [1.807, 2.05) is 31.2 Å². The highest BCUT2D eigenvalue weighted by Crippen LogP contribution is 2.14. The molecule has 1 heterocycles. The minimum Gasteiger partial charge on any atom is -0.381 e. The van der Waals surface area contributed by atoms with E-state index < -0.39 is 0 Å². The molecule has 3 N–H and O–H groups in total. The van der Waals surface area contributed by atoms with E-state index in [4.69, 9.17) is 9.47 Å². The molecule has 1 aromatic carbocycles. The summed E-state index contributed by atoms with van der Waals surface area (Å²) in [5.74, 6) is 1.49. The molecule has 1 aliphatic heterocycles. The SMILES string of the molecule is CCCC(=O)Nc1cccc(CN=C(NCC)NCCCOCC2CCOCC2)c1.I. The summed E-state index contributed by atoms with van der Waals surface area (Å²) in [6, 6.07) is 7.85. The van der Waals surface area contributed by atoms with Gasteiger partial charge in [-0.05, 0) is 56.2 Å². The van der Waals surface area contributed by atoms with Crippen molar-refractivity contribution in [2.75, 3.05) is 44.8 Å². The average Bonchev–Trinajstić information content (AvgIpc) is 2.75. The fourth-order valence-electron chi connectivity index (χ4n) is 3.25. The third-order valence-electron chi connectivity index (χ3n) is 4.90. The van der Waals surface area contributed by atoms with Gasteiger partial charge in [-0.1, -0.05) is 19.1 Å². The number of anilines is 1. The molecule has 1 amide bonds. The minimum absolute atomic E-state index is 0. The Morgan fingerprint density at radius 1 is 1.23 bits per heavy atom. The number of amides is 1. The van der Waals surface area contributed by atoms with Gasteiger partial charge in [-0.3, -0.25) is 4.79 Å². The lowest BCUT2D eigenvalue weighted by molar-refractivity contribution is -0.116. The largest absolute Gasteiger partial charge is 0.381 e. The summed E-state index contributed by atoms with van der Waals surface area (Å²) in [5.41, 5.74) is 1.88. The Morgan fingerprint density at radius 3 is 2.77 bits per heavy atom. The molecule has 8 heteroatoms. The number of aliphatic imine (C=N–C) groups is 1. The summed E-state index contributed by atoms with van der Waals surface area (Å²) < 4.78 is 11.2. The predicted octanol–water partition coefficient (Wildman–Crippen LogP) is 3.93. The van der Waals surface area contributed by atoms with Gasteiger partial charge in [0.1, 0.15) is 0 Å². The van der Waals surface area contributed by atoms with E-state index in [0.717, 1.165) is 82.4 Å². The van der Waals surface area contributed by atoms with Gasteiger partial charge in [0.15, 0.2) is 5.96 Å². The van der Waals surface area contributed by atoms with Gasteiger partial charge < -0.3 is 25.4 Å². The summed E-state index contributed by atoms with van der Waals surface area (Å²) >= 11 is 0. The molecule has 176 valence electrons. The van der Waals surface area contributed by atoms with Crippen molar-refractivity contribution in [3.05, 3.63) is 29.8 Å². The lowest BCUT2D eigenvalue weighted by atomic mass is 10.0. The molecule has 2 rings (SSSR count). The maximum atomic E-state index is 11.8.